The van der Waals surface area contributed by atoms with Crippen molar-refractivity contribution in [2.75, 3.05) is 0 Å². The van der Waals surface area contributed by atoms with Gasteiger partial charge in [0.15, 0.2) is 0 Å². The van der Waals surface area contributed by atoms with Crippen LogP contribution < -0.4 is 0 Å². The van der Waals surface area contributed by atoms with E-state index >= 15 is 0 Å². The van der Waals surface area contributed by atoms with E-state index in [1.165, 1.54) is 143 Å². The van der Waals surface area contributed by atoms with E-state index in [0.29, 0.717) is 9.75 Å². The third-order valence-electron chi connectivity index (χ3n) is 8.54. The van der Waals surface area contributed by atoms with Crippen LogP contribution >= 0.6 is 45.3 Å². The zero-order chi connectivity index (χ0) is 32.7. The van der Waals surface area contributed by atoms with Gasteiger partial charge in [-0.2, -0.15) is 0 Å². The normalized spacial score (nSPS) is 11.4. The molecule has 0 fully saturated rings. The van der Waals surface area contributed by atoms with Crippen LogP contribution in [-0.2, 0) is 12.8 Å². The molecule has 0 spiro atoms. The second kappa shape index (κ2) is 19.5. The van der Waals surface area contributed by atoms with Gasteiger partial charge in [-0.05, 0) is 73.2 Å². The number of hydrogen-bond acceptors (Lipinski definition) is 6. The lowest BCUT2D eigenvalue weighted by Crippen LogP contribution is -1.89. The van der Waals surface area contributed by atoms with Crippen molar-refractivity contribution < 1.29 is 19.8 Å². The molecule has 0 amide bonds. The van der Waals surface area contributed by atoms with Crippen LogP contribution in [0.25, 0.3) is 29.3 Å². The van der Waals surface area contributed by atoms with E-state index in [1.54, 1.807) is 34.8 Å². The fraction of sp³-hybridized carbons (Fsp3) is 0.526. The fourth-order valence-corrected chi connectivity index (χ4v) is 10.4. The third-order valence-corrected chi connectivity index (χ3v) is 13.6. The van der Waals surface area contributed by atoms with Crippen molar-refractivity contribution in [3.63, 3.8) is 0 Å². The molecule has 2 N–H and O–H groups in total. The molecule has 0 saturated heterocycles. The predicted octanol–water partition coefficient (Wildman–Crippen LogP) is 13.7. The van der Waals surface area contributed by atoms with Crippen LogP contribution in [-0.4, -0.2) is 22.2 Å². The van der Waals surface area contributed by atoms with Gasteiger partial charge in [0.1, 0.15) is 9.75 Å². The van der Waals surface area contributed by atoms with Gasteiger partial charge < -0.3 is 10.2 Å². The zero-order valence-electron chi connectivity index (χ0n) is 27.5. The SMILES string of the molecule is CCCCCCCCCCc1cc(-c2cc(CCCCCCCCCC)c(-c3ccc(C(=O)O)s3)s2)sc1-c1ccc(C(=O)O)s1. The van der Waals surface area contributed by atoms with Crippen molar-refractivity contribution >= 4 is 57.3 Å². The fourth-order valence-electron chi connectivity index (χ4n) is 5.94. The van der Waals surface area contributed by atoms with E-state index in [2.05, 4.69) is 26.0 Å². The topological polar surface area (TPSA) is 74.6 Å². The van der Waals surface area contributed by atoms with Gasteiger partial charge in [-0.3, -0.25) is 0 Å². The smallest absolute Gasteiger partial charge is 0.345 e. The number of thiophene rings is 4. The van der Waals surface area contributed by atoms with E-state index in [9.17, 15) is 19.8 Å². The number of rotatable bonds is 23. The molecule has 0 aliphatic carbocycles. The predicted molar refractivity (Wildman–Crippen MR) is 201 cm³/mol. The average Bonchev–Trinajstić information content (AvgIpc) is 3.85. The number of carbonyl (C=O) groups is 2. The Morgan fingerprint density at radius 3 is 1.15 bits per heavy atom. The second-order valence-electron chi connectivity index (χ2n) is 12.3. The summed E-state index contributed by atoms with van der Waals surface area (Å²) in [6.45, 7) is 4.51. The van der Waals surface area contributed by atoms with Crippen molar-refractivity contribution in [2.45, 2.75) is 129 Å². The summed E-state index contributed by atoms with van der Waals surface area (Å²) in [7, 11) is 0. The molecule has 8 heteroatoms. The first-order chi connectivity index (χ1) is 22.4. The highest BCUT2D eigenvalue weighted by Gasteiger charge is 2.20. The van der Waals surface area contributed by atoms with Gasteiger partial charge >= 0.3 is 11.9 Å². The van der Waals surface area contributed by atoms with Crippen LogP contribution in [0.4, 0.5) is 0 Å². The number of carboxylic acids is 2. The largest absolute Gasteiger partial charge is 0.477 e. The lowest BCUT2D eigenvalue weighted by atomic mass is 10.0. The van der Waals surface area contributed by atoms with Gasteiger partial charge in [0.05, 0.1) is 0 Å². The Kier molecular flexibility index (Phi) is 15.5. The van der Waals surface area contributed by atoms with Gasteiger partial charge in [-0.25, -0.2) is 9.59 Å². The first-order valence-electron chi connectivity index (χ1n) is 17.3. The van der Waals surface area contributed by atoms with E-state index in [-0.39, 0.29) is 0 Å². The molecule has 46 heavy (non-hydrogen) atoms. The zero-order valence-corrected chi connectivity index (χ0v) is 30.8. The van der Waals surface area contributed by atoms with E-state index in [0.717, 1.165) is 35.4 Å². The molecular formula is C38H50O4S4. The average molecular weight is 699 g/mol. The maximum atomic E-state index is 11.7. The Hall–Kier alpha value is -2.26. The first-order valence-corrected chi connectivity index (χ1v) is 20.6. The maximum absolute atomic E-state index is 11.7. The Morgan fingerprint density at radius 1 is 0.478 bits per heavy atom. The minimum atomic E-state index is -0.872. The highest BCUT2D eigenvalue weighted by molar-refractivity contribution is 7.29. The Labute approximate surface area is 291 Å². The van der Waals surface area contributed by atoms with Gasteiger partial charge in [0.2, 0.25) is 0 Å². The van der Waals surface area contributed by atoms with Crippen LogP contribution in [0.1, 0.15) is 147 Å². The summed E-state index contributed by atoms with van der Waals surface area (Å²) in [6, 6.07) is 12.1. The minimum Gasteiger partial charge on any atom is -0.477 e. The summed E-state index contributed by atoms with van der Waals surface area (Å²) in [5.74, 6) is -1.74. The minimum absolute atomic E-state index is 0.376. The molecule has 0 aliphatic heterocycles. The molecule has 4 aromatic heterocycles. The quantitative estimate of drug-likeness (QED) is 0.0756. The first kappa shape index (κ1) is 36.6. The Morgan fingerprint density at radius 2 is 0.826 bits per heavy atom. The summed E-state index contributed by atoms with van der Waals surface area (Å²) in [5, 5.41) is 19.2. The van der Waals surface area contributed by atoms with Crippen molar-refractivity contribution in [3.8, 4) is 29.3 Å². The van der Waals surface area contributed by atoms with E-state index in [4.69, 9.17) is 0 Å². The third kappa shape index (κ3) is 10.9. The van der Waals surface area contributed by atoms with Gasteiger partial charge in [-0.1, -0.05) is 104 Å². The van der Waals surface area contributed by atoms with Crippen LogP contribution in [0.2, 0.25) is 0 Å². The summed E-state index contributed by atoms with van der Waals surface area (Å²) in [5.41, 5.74) is 2.63. The lowest BCUT2D eigenvalue weighted by Gasteiger charge is -2.03. The van der Waals surface area contributed by atoms with Crippen molar-refractivity contribution in [3.05, 3.63) is 57.3 Å². The van der Waals surface area contributed by atoms with Gasteiger partial charge in [0.25, 0.3) is 0 Å². The molecule has 4 rings (SSSR count). The van der Waals surface area contributed by atoms with Crippen LogP contribution in [0.5, 0.6) is 0 Å². The number of aromatic carboxylic acids is 2. The number of aryl methyl sites for hydroxylation is 2. The molecular weight excluding hydrogens is 649 g/mol. The van der Waals surface area contributed by atoms with Gasteiger partial charge in [-0.15, -0.1) is 45.3 Å². The van der Waals surface area contributed by atoms with E-state index in [1.807, 2.05) is 12.1 Å². The molecule has 0 radical (unpaired) electrons. The number of unbranched alkanes of at least 4 members (excludes halogenated alkanes) is 14. The lowest BCUT2D eigenvalue weighted by molar-refractivity contribution is 0.0691. The monoisotopic (exact) mass is 698 g/mol. The van der Waals surface area contributed by atoms with Crippen molar-refractivity contribution in [1.29, 1.82) is 0 Å². The Bertz CT molecular complexity index is 1390. The van der Waals surface area contributed by atoms with Crippen molar-refractivity contribution in [2.24, 2.45) is 0 Å². The number of hydrogen-bond donors (Lipinski definition) is 2. The highest BCUT2D eigenvalue weighted by atomic mass is 32.1. The summed E-state index contributed by atoms with van der Waals surface area (Å²) in [6.07, 6.45) is 22.4. The van der Waals surface area contributed by atoms with Crippen LogP contribution in [0, 0.1) is 0 Å². The number of carboxylic acid groups (broad SMARTS) is 2. The standard InChI is InChI=1S/C38H50O4S4/c1-3-5-7-9-11-13-15-17-19-27-25-33(45-35(27)29-21-23-31(43-29)37(39)40)34-26-28(20-18-16-14-12-10-8-6-4-2)36(46-34)30-22-24-32(44-30)38(41)42/h21-26H,3-20H2,1-2H3,(H,39,40)(H,41,42). The van der Waals surface area contributed by atoms with E-state index < -0.39 is 11.9 Å². The molecule has 250 valence electrons. The molecule has 0 aromatic carbocycles. The Balaban J connectivity index is 1.54. The molecule has 4 heterocycles. The second-order valence-corrected chi connectivity index (χ2v) is 16.6. The molecule has 4 nitrogen and oxygen atoms in total. The molecule has 0 aliphatic rings. The van der Waals surface area contributed by atoms with Gasteiger partial charge in [0, 0.05) is 29.3 Å². The molecule has 0 atom stereocenters. The summed E-state index contributed by atoms with van der Waals surface area (Å²) >= 11 is 6.28. The molecule has 4 aromatic rings. The van der Waals surface area contributed by atoms with Crippen LogP contribution in [0.15, 0.2) is 36.4 Å². The van der Waals surface area contributed by atoms with Crippen molar-refractivity contribution in [1.82, 2.24) is 0 Å². The molecule has 0 unspecified atom stereocenters. The molecule has 0 saturated carbocycles. The maximum Gasteiger partial charge on any atom is 0.345 e. The van der Waals surface area contributed by atoms with Crippen LogP contribution in [0.3, 0.4) is 0 Å². The summed E-state index contributed by atoms with van der Waals surface area (Å²) < 4.78 is 0. The molecule has 0 bridgehead atoms. The highest BCUT2D eigenvalue weighted by Crippen LogP contribution is 2.47. The summed E-state index contributed by atoms with van der Waals surface area (Å²) in [4.78, 5) is 31.0.